The lowest BCUT2D eigenvalue weighted by Gasteiger charge is -2.35. The molecule has 1 saturated heterocycles. The molecule has 0 spiro atoms. The Morgan fingerprint density at radius 3 is 2.69 bits per heavy atom. The van der Waals surface area contributed by atoms with Gasteiger partial charge in [-0.1, -0.05) is 6.07 Å². The van der Waals surface area contributed by atoms with E-state index in [1.807, 2.05) is 25.1 Å². The maximum absolute atomic E-state index is 12.7. The Hall–Kier alpha value is -1.64. The van der Waals surface area contributed by atoms with Crippen molar-refractivity contribution in [3.05, 3.63) is 29.3 Å². The van der Waals surface area contributed by atoms with Crippen LogP contribution in [0.5, 0.6) is 5.75 Å². The van der Waals surface area contributed by atoms with Gasteiger partial charge in [0.05, 0.1) is 32.1 Å². The van der Waals surface area contributed by atoms with E-state index in [9.17, 15) is 13.2 Å². The van der Waals surface area contributed by atoms with E-state index in [0.29, 0.717) is 32.8 Å². The largest absolute Gasteiger partial charge is 0.497 e. The standard InChI is InChI=1S/C18H26N2O5S/c1-14-17-4-3-16(24-2)13-15(17)5-7-20(14)18(21)6-12-26(22,23)19-8-10-25-11-9-19/h3-4,13-14H,5-12H2,1-2H3. The molecule has 1 aromatic carbocycles. The number of hydrogen-bond acceptors (Lipinski definition) is 5. The van der Waals surface area contributed by atoms with E-state index in [-0.39, 0.29) is 24.1 Å². The Balaban J connectivity index is 1.63. The molecule has 2 heterocycles. The molecule has 0 saturated carbocycles. The quantitative estimate of drug-likeness (QED) is 0.765. The number of benzene rings is 1. The van der Waals surface area contributed by atoms with E-state index in [0.717, 1.165) is 17.7 Å². The lowest BCUT2D eigenvalue weighted by atomic mass is 9.93. The van der Waals surface area contributed by atoms with Crippen molar-refractivity contribution >= 4 is 15.9 Å². The van der Waals surface area contributed by atoms with E-state index in [1.54, 1.807) is 12.0 Å². The van der Waals surface area contributed by atoms with Crippen LogP contribution in [-0.4, -0.2) is 69.2 Å². The highest BCUT2D eigenvalue weighted by molar-refractivity contribution is 7.89. The second-order valence-corrected chi connectivity index (χ2v) is 8.74. The monoisotopic (exact) mass is 382 g/mol. The van der Waals surface area contributed by atoms with Crippen molar-refractivity contribution in [2.24, 2.45) is 0 Å². The van der Waals surface area contributed by atoms with Crippen LogP contribution in [0.3, 0.4) is 0 Å². The summed E-state index contributed by atoms with van der Waals surface area (Å²) in [7, 11) is -1.78. The molecule has 0 N–H and O–H groups in total. The first kappa shape index (κ1) is 19.1. The van der Waals surface area contributed by atoms with E-state index in [2.05, 4.69) is 0 Å². The average Bonchev–Trinajstić information content (AvgIpc) is 2.67. The number of amides is 1. The first-order valence-corrected chi connectivity index (χ1v) is 10.5. The molecular formula is C18H26N2O5S. The third kappa shape index (κ3) is 4.02. The van der Waals surface area contributed by atoms with Crippen molar-refractivity contribution in [1.82, 2.24) is 9.21 Å². The molecule has 1 unspecified atom stereocenters. The minimum absolute atomic E-state index is 0.00944. The molecule has 2 aliphatic rings. The number of rotatable bonds is 5. The van der Waals surface area contributed by atoms with E-state index < -0.39 is 10.0 Å². The van der Waals surface area contributed by atoms with Gasteiger partial charge in [-0.05, 0) is 36.6 Å². The van der Waals surface area contributed by atoms with E-state index in [4.69, 9.17) is 9.47 Å². The molecule has 1 fully saturated rings. The van der Waals surface area contributed by atoms with Crippen LogP contribution in [0, 0.1) is 0 Å². The van der Waals surface area contributed by atoms with Gasteiger partial charge in [-0.25, -0.2) is 8.42 Å². The lowest BCUT2D eigenvalue weighted by Crippen LogP contribution is -2.43. The third-order valence-corrected chi connectivity index (χ3v) is 7.02. The predicted octanol–water partition coefficient (Wildman–Crippen LogP) is 1.19. The first-order chi connectivity index (χ1) is 12.4. The topological polar surface area (TPSA) is 76.2 Å². The molecule has 1 atom stereocenters. The van der Waals surface area contributed by atoms with Crippen LogP contribution < -0.4 is 4.74 Å². The number of carbonyl (C=O) groups is 1. The fourth-order valence-corrected chi connectivity index (χ4v) is 4.99. The molecule has 0 aliphatic carbocycles. The van der Waals surface area contributed by atoms with Crippen molar-refractivity contribution in [1.29, 1.82) is 0 Å². The molecule has 1 aromatic rings. The summed E-state index contributed by atoms with van der Waals surface area (Å²) < 4.78 is 36.7. The molecule has 26 heavy (non-hydrogen) atoms. The van der Waals surface area contributed by atoms with Crippen molar-refractivity contribution in [3.8, 4) is 5.75 Å². The number of ether oxygens (including phenoxy) is 2. The first-order valence-electron chi connectivity index (χ1n) is 8.94. The molecule has 1 amide bonds. The summed E-state index contributed by atoms with van der Waals surface area (Å²) in [6.07, 6.45) is 0.758. The fraction of sp³-hybridized carbons (Fsp3) is 0.611. The molecule has 0 bridgehead atoms. The van der Waals surface area contributed by atoms with Crippen LogP contribution in [0.25, 0.3) is 0 Å². The number of nitrogens with zero attached hydrogens (tertiary/aromatic N) is 2. The summed E-state index contributed by atoms with van der Waals surface area (Å²) in [5.74, 6) is 0.549. The third-order valence-electron chi connectivity index (χ3n) is 5.15. The highest BCUT2D eigenvalue weighted by atomic mass is 32.2. The summed E-state index contributed by atoms with van der Waals surface area (Å²) in [5, 5.41) is 0. The Morgan fingerprint density at radius 2 is 2.00 bits per heavy atom. The van der Waals surface area contributed by atoms with Gasteiger partial charge in [-0.15, -0.1) is 0 Å². The normalized spacial score (nSPS) is 21.3. The minimum atomic E-state index is -3.41. The van der Waals surface area contributed by atoms with Gasteiger partial charge in [0.1, 0.15) is 5.75 Å². The summed E-state index contributed by atoms with van der Waals surface area (Å²) in [6, 6.07) is 5.83. The maximum Gasteiger partial charge on any atom is 0.224 e. The molecule has 8 heteroatoms. The molecule has 3 rings (SSSR count). The highest BCUT2D eigenvalue weighted by Gasteiger charge is 2.30. The highest BCUT2D eigenvalue weighted by Crippen LogP contribution is 2.32. The van der Waals surface area contributed by atoms with Gasteiger partial charge in [0.15, 0.2) is 0 Å². The maximum atomic E-state index is 12.7. The number of morpholine rings is 1. The van der Waals surface area contributed by atoms with E-state index >= 15 is 0 Å². The summed E-state index contributed by atoms with van der Waals surface area (Å²) in [5.41, 5.74) is 2.28. The van der Waals surface area contributed by atoms with Gasteiger partial charge in [-0.2, -0.15) is 4.31 Å². The Morgan fingerprint density at radius 1 is 1.27 bits per heavy atom. The molecule has 144 valence electrons. The van der Waals surface area contributed by atoms with Gasteiger partial charge >= 0.3 is 0 Å². The second kappa shape index (κ2) is 7.94. The van der Waals surface area contributed by atoms with Crippen LogP contribution >= 0.6 is 0 Å². The minimum Gasteiger partial charge on any atom is -0.497 e. The van der Waals surface area contributed by atoms with Crippen molar-refractivity contribution < 1.29 is 22.7 Å². The number of fused-ring (bicyclic) bond motifs is 1. The SMILES string of the molecule is COc1ccc2c(c1)CCN(C(=O)CCS(=O)(=O)N1CCOCC1)C2C. The molecule has 7 nitrogen and oxygen atoms in total. The molecule has 2 aliphatic heterocycles. The lowest BCUT2D eigenvalue weighted by molar-refractivity contribution is -0.133. The Bertz CT molecular complexity index is 759. The summed E-state index contributed by atoms with van der Waals surface area (Å²) >= 11 is 0. The van der Waals surface area contributed by atoms with Crippen LogP contribution in [-0.2, 0) is 26.0 Å². The number of sulfonamides is 1. The van der Waals surface area contributed by atoms with Crippen LogP contribution in [0.15, 0.2) is 18.2 Å². The van der Waals surface area contributed by atoms with Crippen LogP contribution in [0.1, 0.15) is 30.5 Å². The van der Waals surface area contributed by atoms with E-state index in [1.165, 1.54) is 9.87 Å². The zero-order valence-corrected chi connectivity index (χ0v) is 16.1. The van der Waals surface area contributed by atoms with Gasteiger partial charge in [0, 0.05) is 26.1 Å². The molecule has 0 radical (unpaired) electrons. The predicted molar refractivity (Wildman–Crippen MR) is 97.6 cm³/mol. The summed E-state index contributed by atoms with van der Waals surface area (Å²) in [6.45, 7) is 4.14. The zero-order valence-electron chi connectivity index (χ0n) is 15.3. The molecule has 0 aromatic heterocycles. The van der Waals surface area contributed by atoms with Gasteiger partial charge in [-0.3, -0.25) is 4.79 Å². The fourth-order valence-electron chi connectivity index (χ4n) is 3.59. The summed E-state index contributed by atoms with van der Waals surface area (Å²) in [4.78, 5) is 14.4. The zero-order chi connectivity index (χ0) is 18.7. The van der Waals surface area contributed by atoms with Gasteiger partial charge < -0.3 is 14.4 Å². The number of carbonyl (C=O) groups excluding carboxylic acids is 1. The Kier molecular flexibility index (Phi) is 5.84. The Labute approximate surface area is 154 Å². The van der Waals surface area contributed by atoms with Gasteiger partial charge in [0.25, 0.3) is 0 Å². The van der Waals surface area contributed by atoms with Crippen LogP contribution in [0.2, 0.25) is 0 Å². The van der Waals surface area contributed by atoms with Crippen LogP contribution in [0.4, 0.5) is 0 Å². The number of methoxy groups -OCH3 is 1. The second-order valence-electron chi connectivity index (χ2n) is 6.66. The van der Waals surface area contributed by atoms with Crippen molar-refractivity contribution in [3.63, 3.8) is 0 Å². The van der Waals surface area contributed by atoms with Crippen molar-refractivity contribution in [2.45, 2.75) is 25.8 Å². The van der Waals surface area contributed by atoms with Crippen molar-refractivity contribution in [2.75, 3.05) is 45.7 Å². The smallest absolute Gasteiger partial charge is 0.224 e. The number of hydrogen-bond donors (Lipinski definition) is 0. The average molecular weight is 382 g/mol. The molecular weight excluding hydrogens is 356 g/mol. The van der Waals surface area contributed by atoms with Gasteiger partial charge in [0.2, 0.25) is 15.9 Å².